The fourth-order valence-electron chi connectivity index (χ4n) is 5.19. The molecule has 0 aromatic heterocycles. The van der Waals surface area contributed by atoms with Crippen LogP contribution in [0, 0.1) is 17.8 Å². The average Bonchev–Trinajstić information content (AvgIpc) is 2.93. The molecule has 4 nitrogen and oxygen atoms in total. The van der Waals surface area contributed by atoms with Gasteiger partial charge >= 0.3 is 0 Å². The van der Waals surface area contributed by atoms with Crippen LogP contribution in [0.1, 0.15) is 80.6 Å². The van der Waals surface area contributed by atoms with Crippen molar-refractivity contribution in [2.75, 3.05) is 0 Å². The van der Waals surface area contributed by atoms with E-state index in [0.29, 0.717) is 19.3 Å². The second-order valence-electron chi connectivity index (χ2n) is 12.9. The Kier molecular flexibility index (Phi) is 13.5. The standard InChI is InChI=1S/C36H48ClNO3Si/c1-9-10-25-33(40)38-34(35(3,4)5)32(39)24-18-17-19-29(27-26-28(2)37)41-42(36(6,7)8,30-20-13-11-14-21-30)31-22-15-12-16-23-31/h1,11-18,20-23,26,29,34H,10,19,24-25,27H2,2-8H3,(H,38,40)/b18-17-,28-26+/t29-,34-/m1/s1. The topological polar surface area (TPSA) is 55.4 Å². The van der Waals surface area contributed by atoms with E-state index >= 15 is 0 Å². The van der Waals surface area contributed by atoms with Crippen LogP contribution in [0.4, 0.5) is 0 Å². The molecule has 6 heteroatoms. The van der Waals surface area contributed by atoms with Gasteiger partial charge in [0.15, 0.2) is 5.78 Å². The third-order valence-electron chi connectivity index (χ3n) is 7.30. The molecule has 0 saturated heterocycles. The van der Waals surface area contributed by atoms with Crippen LogP contribution in [0.5, 0.6) is 0 Å². The van der Waals surface area contributed by atoms with E-state index in [2.05, 4.69) is 80.5 Å². The number of terminal acetylenes is 1. The van der Waals surface area contributed by atoms with Crippen molar-refractivity contribution in [3.63, 3.8) is 0 Å². The van der Waals surface area contributed by atoms with E-state index < -0.39 is 19.8 Å². The number of carbonyl (C=O) groups excluding carboxylic acids is 2. The maximum absolute atomic E-state index is 13.2. The minimum absolute atomic E-state index is 0.0336. The summed E-state index contributed by atoms with van der Waals surface area (Å²) < 4.78 is 7.35. The van der Waals surface area contributed by atoms with E-state index in [1.54, 1.807) is 0 Å². The van der Waals surface area contributed by atoms with Gasteiger partial charge in [-0.15, -0.1) is 12.3 Å². The number of benzene rings is 2. The molecule has 0 heterocycles. The molecule has 2 rings (SSSR count). The SMILES string of the molecule is C#CCCC(=O)N[C@H](C(=O)C/C=C\C[C@H](C/C=C(\C)Cl)O[Si](c1ccccc1)(c1ccccc1)C(C)(C)C)C(C)(C)C. The van der Waals surface area contributed by atoms with Crippen LogP contribution in [-0.4, -0.2) is 32.2 Å². The van der Waals surface area contributed by atoms with Crippen LogP contribution in [0.2, 0.25) is 5.04 Å². The fraction of sp³-hybridized carbons (Fsp3) is 0.444. The zero-order valence-corrected chi connectivity index (χ0v) is 28.1. The molecule has 0 saturated carbocycles. The van der Waals surface area contributed by atoms with Gasteiger partial charge in [0.25, 0.3) is 8.32 Å². The van der Waals surface area contributed by atoms with Crippen molar-refractivity contribution in [3.8, 4) is 12.3 Å². The molecule has 2 atom stereocenters. The largest absolute Gasteiger partial charge is 0.404 e. The van der Waals surface area contributed by atoms with Crippen molar-refractivity contribution < 1.29 is 14.0 Å². The number of rotatable bonds is 14. The first-order chi connectivity index (χ1) is 19.7. The Bertz CT molecular complexity index is 1210. The number of ketones is 1. The van der Waals surface area contributed by atoms with Crippen molar-refractivity contribution in [3.05, 3.63) is 83.9 Å². The lowest BCUT2D eigenvalue weighted by Crippen LogP contribution is -2.67. The van der Waals surface area contributed by atoms with Crippen molar-refractivity contribution >= 4 is 42.0 Å². The molecule has 0 bridgehead atoms. The number of hydrogen-bond acceptors (Lipinski definition) is 3. The fourth-order valence-corrected chi connectivity index (χ4v) is 9.99. The van der Waals surface area contributed by atoms with Crippen molar-refractivity contribution in [1.29, 1.82) is 0 Å². The molecule has 2 aromatic carbocycles. The highest BCUT2D eigenvalue weighted by Gasteiger charge is 2.51. The smallest absolute Gasteiger partial charge is 0.261 e. The number of nitrogens with one attached hydrogen (secondary N) is 1. The number of Topliss-reactive ketones (excluding diaryl/α,β-unsaturated/α-hetero) is 1. The molecule has 0 spiro atoms. The van der Waals surface area contributed by atoms with Crippen molar-refractivity contribution in [1.82, 2.24) is 5.32 Å². The number of allylic oxidation sites excluding steroid dienone is 2. The molecule has 0 aliphatic heterocycles. The zero-order chi connectivity index (χ0) is 31.4. The molecule has 0 aliphatic carbocycles. The summed E-state index contributed by atoms with van der Waals surface area (Å²) in [6.07, 6.45) is 13.1. The summed E-state index contributed by atoms with van der Waals surface area (Å²) in [5.41, 5.74) is -0.422. The molecule has 42 heavy (non-hydrogen) atoms. The van der Waals surface area contributed by atoms with Crippen LogP contribution < -0.4 is 15.7 Å². The molecule has 0 unspecified atom stereocenters. The Morgan fingerprint density at radius 2 is 1.50 bits per heavy atom. The summed E-state index contributed by atoms with van der Waals surface area (Å²) in [4.78, 5) is 25.6. The van der Waals surface area contributed by atoms with E-state index in [4.69, 9.17) is 22.5 Å². The lowest BCUT2D eigenvalue weighted by Gasteiger charge is -2.45. The molecule has 1 amide bonds. The monoisotopic (exact) mass is 605 g/mol. The molecule has 1 N–H and O–H groups in total. The van der Waals surface area contributed by atoms with Crippen molar-refractivity contribution in [2.45, 2.75) is 97.8 Å². The van der Waals surface area contributed by atoms with E-state index in [1.165, 1.54) is 10.4 Å². The maximum Gasteiger partial charge on any atom is 0.261 e. The molecule has 0 aliphatic rings. The van der Waals surface area contributed by atoms with Gasteiger partial charge in [-0.05, 0) is 40.6 Å². The first-order valence-electron chi connectivity index (χ1n) is 14.7. The first kappa shape index (κ1) is 35.3. The number of hydrogen-bond donors (Lipinski definition) is 1. The summed E-state index contributed by atoms with van der Waals surface area (Å²) in [6, 6.07) is 20.5. The lowest BCUT2D eigenvalue weighted by molar-refractivity contribution is -0.129. The summed E-state index contributed by atoms with van der Waals surface area (Å²) in [5.74, 6) is 2.24. The first-order valence-corrected chi connectivity index (χ1v) is 17.0. The molecular formula is C36H48ClNO3Si. The molecule has 0 radical (unpaired) electrons. The molecule has 0 fully saturated rings. The Balaban J connectivity index is 2.36. The number of halogens is 1. The summed E-state index contributed by atoms with van der Waals surface area (Å²) in [5, 5.41) is 5.89. The second kappa shape index (κ2) is 16.1. The van der Waals surface area contributed by atoms with Crippen molar-refractivity contribution in [2.24, 2.45) is 5.41 Å². The molecular weight excluding hydrogens is 558 g/mol. The van der Waals surface area contributed by atoms with Gasteiger partial charge in [0.05, 0.1) is 12.1 Å². The predicted octanol–water partition coefficient (Wildman–Crippen LogP) is 7.31. The number of carbonyl (C=O) groups is 2. The van der Waals surface area contributed by atoms with E-state index in [0.717, 1.165) is 5.03 Å². The minimum Gasteiger partial charge on any atom is -0.404 e. The highest BCUT2D eigenvalue weighted by Crippen LogP contribution is 2.38. The summed E-state index contributed by atoms with van der Waals surface area (Å²) in [7, 11) is -2.77. The van der Waals surface area contributed by atoms with E-state index in [-0.39, 0.29) is 35.7 Å². The van der Waals surface area contributed by atoms with Gasteiger partial charge in [0.2, 0.25) is 5.91 Å². The summed E-state index contributed by atoms with van der Waals surface area (Å²) in [6.45, 7) is 14.5. The quantitative estimate of drug-likeness (QED) is 0.139. The molecule has 2 aromatic rings. The van der Waals surface area contributed by atoms with Crippen LogP contribution in [-0.2, 0) is 14.0 Å². The zero-order valence-electron chi connectivity index (χ0n) is 26.4. The second-order valence-corrected chi connectivity index (χ2v) is 17.7. The van der Waals surface area contributed by atoms with Crippen LogP contribution in [0.3, 0.4) is 0 Å². The van der Waals surface area contributed by atoms with Crippen LogP contribution >= 0.6 is 11.6 Å². The van der Waals surface area contributed by atoms with Crippen LogP contribution in [0.15, 0.2) is 83.9 Å². The Labute approximate surface area is 260 Å². The Morgan fingerprint density at radius 3 is 1.95 bits per heavy atom. The average molecular weight is 606 g/mol. The normalized spacial score (nSPS) is 14.3. The van der Waals surface area contributed by atoms with E-state index in [9.17, 15) is 9.59 Å². The molecule has 226 valence electrons. The van der Waals surface area contributed by atoms with Gasteiger partial charge in [-0.2, -0.15) is 0 Å². The van der Waals surface area contributed by atoms with Gasteiger partial charge in [-0.1, -0.05) is 132 Å². The number of amides is 1. The Hall–Kier alpha value is -2.91. The van der Waals surface area contributed by atoms with Gasteiger partial charge < -0.3 is 9.74 Å². The maximum atomic E-state index is 13.2. The summed E-state index contributed by atoms with van der Waals surface area (Å²) >= 11 is 6.28. The Morgan fingerprint density at radius 1 is 0.952 bits per heavy atom. The minimum atomic E-state index is -2.77. The lowest BCUT2D eigenvalue weighted by atomic mass is 9.83. The predicted molar refractivity (Wildman–Crippen MR) is 180 cm³/mol. The van der Waals surface area contributed by atoms with Gasteiger partial charge in [0, 0.05) is 24.3 Å². The van der Waals surface area contributed by atoms with E-state index in [1.807, 2.05) is 58.1 Å². The highest BCUT2D eigenvalue weighted by atomic mass is 35.5. The van der Waals surface area contributed by atoms with Gasteiger partial charge in [-0.3, -0.25) is 9.59 Å². The van der Waals surface area contributed by atoms with Gasteiger partial charge in [-0.25, -0.2) is 0 Å². The highest BCUT2D eigenvalue weighted by molar-refractivity contribution is 6.99. The van der Waals surface area contributed by atoms with Gasteiger partial charge in [0.1, 0.15) is 0 Å². The van der Waals surface area contributed by atoms with Crippen LogP contribution in [0.25, 0.3) is 0 Å². The third-order valence-corrected chi connectivity index (χ3v) is 12.5. The third kappa shape index (κ3) is 10.1.